The van der Waals surface area contributed by atoms with Crippen LogP contribution in [0.15, 0.2) is 18.2 Å². The molecule has 2 atom stereocenters. The van der Waals surface area contributed by atoms with Gasteiger partial charge in [0.15, 0.2) is 11.5 Å². The van der Waals surface area contributed by atoms with Gasteiger partial charge in [-0.15, -0.1) is 0 Å². The standard InChI is InChI=1S/C19H28N2O4/c1-12(2)25-17-9-8-15(11-18(17)24-5)13(3)20-19(23)16-7-6-10-21(16)14(4)22/h8-9,11-13,16H,6-7,10H2,1-5H3,(H,20,23)/t13-,16-/m0/s1. The second kappa shape index (κ2) is 8.23. The van der Waals surface area contributed by atoms with Gasteiger partial charge < -0.3 is 19.7 Å². The van der Waals surface area contributed by atoms with Crippen LogP contribution < -0.4 is 14.8 Å². The predicted octanol–water partition coefficient (Wildman–Crippen LogP) is 2.67. The third kappa shape index (κ3) is 4.65. The molecule has 2 rings (SSSR count). The van der Waals surface area contributed by atoms with Crippen molar-refractivity contribution in [2.24, 2.45) is 0 Å². The first-order valence-electron chi connectivity index (χ1n) is 8.75. The molecule has 1 aliphatic rings. The minimum absolute atomic E-state index is 0.0526. The summed E-state index contributed by atoms with van der Waals surface area (Å²) < 4.78 is 11.1. The van der Waals surface area contributed by atoms with Crippen molar-refractivity contribution in [3.8, 4) is 11.5 Å². The van der Waals surface area contributed by atoms with E-state index in [0.29, 0.717) is 24.5 Å². The van der Waals surface area contributed by atoms with E-state index in [0.717, 1.165) is 12.0 Å². The zero-order valence-electron chi connectivity index (χ0n) is 15.7. The summed E-state index contributed by atoms with van der Waals surface area (Å²) in [7, 11) is 1.60. The van der Waals surface area contributed by atoms with Gasteiger partial charge in [0.2, 0.25) is 11.8 Å². The monoisotopic (exact) mass is 348 g/mol. The molecule has 1 saturated heterocycles. The summed E-state index contributed by atoms with van der Waals surface area (Å²) in [5, 5.41) is 3.01. The van der Waals surface area contributed by atoms with E-state index in [1.807, 2.05) is 39.0 Å². The van der Waals surface area contributed by atoms with Gasteiger partial charge in [0, 0.05) is 13.5 Å². The first-order chi connectivity index (χ1) is 11.8. The lowest BCUT2D eigenvalue weighted by Gasteiger charge is -2.25. The van der Waals surface area contributed by atoms with Crippen molar-refractivity contribution in [2.45, 2.75) is 58.7 Å². The minimum Gasteiger partial charge on any atom is -0.493 e. The summed E-state index contributed by atoms with van der Waals surface area (Å²) in [4.78, 5) is 25.8. The first kappa shape index (κ1) is 19.1. The average molecular weight is 348 g/mol. The Labute approximate surface area is 149 Å². The van der Waals surface area contributed by atoms with Gasteiger partial charge in [0.25, 0.3) is 0 Å². The second-order valence-electron chi connectivity index (χ2n) is 6.68. The van der Waals surface area contributed by atoms with E-state index in [1.54, 1.807) is 12.0 Å². The Balaban J connectivity index is 2.08. The van der Waals surface area contributed by atoms with Crippen LogP contribution in [0.5, 0.6) is 11.5 Å². The van der Waals surface area contributed by atoms with Gasteiger partial charge >= 0.3 is 0 Å². The number of nitrogens with one attached hydrogen (secondary N) is 1. The largest absolute Gasteiger partial charge is 0.493 e. The van der Waals surface area contributed by atoms with Crippen molar-refractivity contribution in [1.82, 2.24) is 10.2 Å². The van der Waals surface area contributed by atoms with Crippen LogP contribution in [0.2, 0.25) is 0 Å². The summed E-state index contributed by atoms with van der Waals surface area (Å²) in [5.74, 6) is 1.15. The van der Waals surface area contributed by atoms with Gasteiger partial charge in [-0.25, -0.2) is 0 Å². The molecule has 1 aromatic rings. The van der Waals surface area contributed by atoms with Crippen molar-refractivity contribution in [3.63, 3.8) is 0 Å². The highest BCUT2D eigenvalue weighted by Crippen LogP contribution is 2.31. The highest BCUT2D eigenvalue weighted by atomic mass is 16.5. The number of carbonyl (C=O) groups excluding carboxylic acids is 2. The minimum atomic E-state index is -0.370. The highest BCUT2D eigenvalue weighted by molar-refractivity contribution is 5.87. The molecular weight excluding hydrogens is 320 g/mol. The third-order valence-corrected chi connectivity index (χ3v) is 4.37. The molecule has 25 heavy (non-hydrogen) atoms. The maximum Gasteiger partial charge on any atom is 0.243 e. The summed E-state index contributed by atoms with van der Waals surface area (Å²) in [6.45, 7) is 7.99. The molecular formula is C19H28N2O4. The van der Waals surface area contributed by atoms with E-state index in [1.165, 1.54) is 6.92 Å². The number of likely N-dealkylation sites (tertiary alicyclic amines) is 1. The Morgan fingerprint density at radius 3 is 2.56 bits per heavy atom. The van der Waals surface area contributed by atoms with E-state index in [9.17, 15) is 9.59 Å². The lowest BCUT2D eigenvalue weighted by atomic mass is 10.1. The Morgan fingerprint density at radius 1 is 1.24 bits per heavy atom. The quantitative estimate of drug-likeness (QED) is 0.858. The van der Waals surface area contributed by atoms with Gasteiger partial charge in [-0.05, 0) is 51.3 Å². The number of amides is 2. The summed E-state index contributed by atoms with van der Waals surface area (Å²) >= 11 is 0. The van der Waals surface area contributed by atoms with Gasteiger partial charge in [-0.1, -0.05) is 6.07 Å². The summed E-state index contributed by atoms with van der Waals surface area (Å²) in [6.07, 6.45) is 1.63. The highest BCUT2D eigenvalue weighted by Gasteiger charge is 2.32. The van der Waals surface area contributed by atoms with Crippen LogP contribution in [0.1, 0.15) is 52.1 Å². The molecule has 6 heteroatoms. The molecule has 1 aliphatic heterocycles. The number of ether oxygens (including phenoxy) is 2. The Morgan fingerprint density at radius 2 is 1.96 bits per heavy atom. The lowest BCUT2D eigenvalue weighted by Crippen LogP contribution is -2.45. The molecule has 1 heterocycles. The molecule has 0 bridgehead atoms. The van der Waals surface area contributed by atoms with Crippen molar-refractivity contribution < 1.29 is 19.1 Å². The molecule has 1 fully saturated rings. The molecule has 138 valence electrons. The van der Waals surface area contributed by atoms with Crippen LogP contribution in [0.3, 0.4) is 0 Å². The number of hydrogen-bond donors (Lipinski definition) is 1. The zero-order valence-corrected chi connectivity index (χ0v) is 15.7. The molecule has 2 amide bonds. The number of carbonyl (C=O) groups is 2. The van der Waals surface area contributed by atoms with Crippen LogP contribution in [-0.2, 0) is 9.59 Å². The fourth-order valence-corrected chi connectivity index (χ4v) is 3.11. The van der Waals surface area contributed by atoms with E-state index in [4.69, 9.17) is 9.47 Å². The van der Waals surface area contributed by atoms with E-state index in [-0.39, 0.29) is 30.0 Å². The third-order valence-electron chi connectivity index (χ3n) is 4.37. The molecule has 0 unspecified atom stereocenters. The topological polar surface area (TPSA) is 67.9 Å². The van der Waals surface area contributed by atoms with E-state index >= 15 is 0 Å². The van der Waals surface area contributed by atoms with Gasteiger partial charge in [0.05, 0.1) is 19.3 Å². The Hall–Kier alpha value is -2.24. The maximum atomic E-state index is 12.5. The van der Waals surface area contributed by atoms with Crippen LogP contribution in [0.25, 0.3) is 0 Å². The van der Waals surface area contributed by atoms with Crippen molar-refractivity contribution in [3.05, 3.63) is 23.8 Å². The van der Waals surface area contributed by atoms with Crippen LogP contribution >= 0.6 is 0 Å². The summed E-state index contributed by atoms with van der Waals surface area (Å²) in [5.41, 5.74) is 0.925. The smallest absolute Gasteiger partial charge is 0.243 e. The molecule has 1 N–H and O–H groups in total. The first-order valence-corrected chi connectivity index (χ1v) is 8.75. The normalized spacial score (nSPS) is 18.2. The van der Waals surface area contributed by atoms with Crippen LogP contribution in [0.4, 0.5) is 0 Å². The molecule has 1 aromatic carbocycles. The fraction of sp³-hybridized carbons (Fsp3) is 0.579. The van der Waals surface area contributed by atoms with Gasteiger partial charge in [-0.2, -0.15) is 0 Å². The zero-order chi connectivity index (χ0) is 18.6. The second-order valence-corrected chi connectivity index (χ2v) is 6.68. The number of methoxy groups -OCH3 is 1. The molecule has 0 spiro atoms. The van der Waals surface area contributed by atoms with Gasteiger partial charge in [0.1, 0.15) is 6.04 Å². The Kier molecular flexibility index (Phi) is 6.28. The molecule has 0 radical (unpaired) electrons. The molecule has 0 aliphatic carbocycles. The van der Waals surface area contributed by atoms with Gasteiger partial charge in [-0.3, -0.25) is 9.59 Å². The van der Waals surface area contributed by atoms with E-state index < -0.39 is 0 Å². The van der Waals surface area contributed by atoms with Crippen molar-refractivity contribution in [1.29, 1.82) is 0 Å². The van der Waals surface area contributed by atoms with Crippen molar-refractivity contribution in [2.75, 3.05) is 13.7 Å². The molecule has 0 aromatic heterocycles. The Bertz CT molecular complexity index is 630. The fourth-order valence-electron chi connectivity index (χ4n) is 3.11. The van der Waals surface area contributed by atoms with E-state index in [2.05, 4.69) is 5.32 Å². The molecule has 0 saturated carbocycles. The number of rotatable bonds is 6. The predicted molar refractivity (Wildman–Crippen MR) is 95.7 cm³/mol. The molecule has 6 nitrogen and oxygen atoms in total. The number of nitrogens with zero attached hydrogens (tertiary/aromatic N) is 1. The maximum absolute atomic E-state index is 12.5. The average Bonchev–Trinajstić information content (AvgIpc) is 3.04. The van der Waals surface area contributed by atoms with Crippen LogP contribution in [0, 0.1) is 0 Å². The lowest BCUT2D eigenvalue weighted by molar-refractivity contribution is -0.137. The SMILES string of the molecule is COc1cc([C@H](C)NC(=O)[C@@H]2CCCN2C(C)=O)ccc1OC(C)C. The van der Waals surface area contributed by atoms with Crippen molar-refractivity contribution >= 4 is 11.8 Å². The summed E-state index contributed by atoms with van der Waals surface area (Å²) in [6, 6.07) is 5.09. The number of benzene rings is 1. The number of hydrogen-bond acceptors (Lipinski definition) is 4. The van der Waals surface area contributed by atoms with Crippen LogP contribution in [-0.4, -0.2) is 42.5 Å².